The number of amides is 1. The summed E-state index contributed by atoms with van der Waals surface area (Å²) in [4.78, 5) is 32.9. The van der Waals surface area contributed by atoms with Crippen LogP contribution in [0.1, 0.15) is 16.7 Å². The fourth-order valence-electron chi connectivity index (χ4n) is 3.28. The lowest BCUT2D eigenvalue weighted by molar-refractivity contribution is -0.122. The van der Waals surface area contributed by atoms with Gasteiger partial charge in [0, 0.05) is 12.7 Å². The van der Waals surface area contributed by atoms with Crippen molar-refractivity contribution in [3.63, 3.8) is 0 Å². The van der Waals surface area contributed by atoms with Gasteiger partial charge in [-0.1, -0.05) is 66.5 Å². The van der Waals surface area contributed by atoms with E-state index in [0.717, 1.165) is 11.1 Å². The maximum absolute atomic E-state index is 13.3. The molecule has 1 fully saturated rings. The maximum Gasteiger partial charge on any atom is 0.267 e. The van der Waals surface area contributed by atoms with Crippen LogP contribution in [-0.4, -0.2) is 31.1 Å². The van der Waals surface area contributed by atoms with E-state index in [2.05, 4.69) is 16.9 Å². The molecule has 1 N–H and O–H groups in total. The SMILES string of the molecule is C=CCNc1nc2c(C)cccn2c(=O)c1/C=C1/SC(=S)N(Cc2ccccc2)C1=O. The van der Waals surface area contributed by atoms with Crippen LogP contribution in [0, 0.1) is 6.92 Å². The minimum absolute atomic E-state index is 0.220. The Kier molecular flexibility index (Phi) is 6.01. The lowest BCUT2D eigenvalue weighted by Crippen LogP contribution is -2.27. The normalized spacial score (nSPS) is 15.1. The predicted molar refractivity (Wildman–Crippen MR) is 130 cm³/mol. The number of fused-ring (bicyclic) bond motifs is 1. The van der Waals surface area contributed by atoms with Gasteiger partial charge in [0.1, 0.15) is 15.8 Å². The van der Waals surface area contributed by atoms with Gasteiger partial charge in [-0.25, -0.2) is 4.98 Å². The van der Waals surface area contributed by atoms with E-state index in [4.69, 9.17) is 12.2 Å². The van der Waals surface area contributed by atoms with Gasteiger partial charge >= 0.3 is 0 Å². The predicted octanol–water partition coefficient (Wildman–Crippen LogP) is 4.00. The lowest BCUT2D eigenvalue weighted by Gasteiger charge is -2.14. The number of anilines is 1. The summed E-state index contributed by atoms with van der Waals surface area (Å²) < 4.78 is 1.95. The summed E-state index contributed by atoms with van der Waals surface area (Å²) in [5.41, 5.74) is 2.48. The number of thiocarbonyl (C=S) groups is 1. The van der Waals surface area contributed by atoms with Crippen molar-refractivity contribution in [2.75, 3.05) is 11.9 Å². The van der Waals surface area contributed by atoms with E-state index >= 15 is 0 Å². The first-order valence-electron chi connectivity index (χ1n) is 9.65. The van der Waals surface area contributed by atoms with E-state index in [1.165, 1.54) is 16.2 Å². The van der Waals surface area contributed by atoms with Crippen LogP contribution in [0.2, 0.25) is 0 Å². The van der Waals surface area contributed by atoms with Gasteiger partial charge in [-0.05, 0) is 30.2 Å². The summed E-state index contributed by atoms with van der Waals surface area (Å²) in [6.07, 6.45) is 4.94. The Bertz CT molecular complexity index is 1280. The zero-order chi connectivity index (χ0) is 22.0. The molecule has 0 bridgehead atoms. The van der Waals surface area contributed by atoms with Gasteiger partial charge < -0.3 is 5.32 Å². The number of aromatic nitrogens is 2. The van der Waals surface area contributed by atoms with Crippen LogP contribution in [-0.2, 0) is 11.3 Å². The Morgan fingerprint density at radius 3 is 2.71 bits per heavy atom. The van der Waals surface area contributed by atoms with Crippen molar-refractivity contribution in [1.82, 2.24) is 14.3 Å². The molecule has 8 heteroatoms. The molecule has 0 saturated carbocycles. The molecule has 3 heterocycles. The molecular weight excluding hydrogens is 428 g/mol. The number of nitrogens with zero attached hydrogens (tertiary/aromatic N) is 3. The molecule has 0 aliphatic carbocycles. The summed E-state index contributed by atoms with van der Waals surface area (Å²) in [5.74, 6) is 0.190. The molecule has 156 valence electrons. The molecule has 0 spiro atoms. The number of rotatable bonds is 6. The van der Waals surface area contributed by atoms with Crippen molar-refractivity contribution >= 4 is 51.7 Å². The molecule has 0 radical (unpaired) electrons. The number of pyridine rings is 1. The van der Waals surface area contributed by atoms with Crippen molar-refractivity contribution in [1.29, 1.82) is 0 Å². The molecule has 4 rings (SSSR count). The molecule has 6 nitrogen and oxygen atoms in total. The van der Waals surface area contributed by atoms with Crippen LogP contribution in [0.4, 0.5) is 5.82 Å². The van der Waals surface area contributed by atoms with Crippen LogP contribution in [0.3, 0.4) is 0 Å². The number of aryl methyl sites for hydroxylation is 1. The maximum atomic E-state index is 13.3. The van der Waals surface area contributed by atoms with Crippen molar-refractivity contribution < 1.29 is 4.79 Å². The molecule has 3 aromatic rings. The third-order valence-electron chi connectivity index (χ3n) is 4.83. The summed E-state index contributed by atoms with van der Waals surface area (Å²) in [7, 11) is 0. The Balaban J connectivity index is 1.77. The molecule has 0 unspecified atom stereocenters. The van der Waals surface area contributed by atoms with Crippen molar-refractivity contribution in [3.8, 4) is 0 Å². The molecule has 1 aliphatic rings. The van der Waals surface area contributed by atoms with Crippen LogP contribution >= 0.6 is 24.0 Å². The number of carbonyl (C=O) groups is 1. The molecule has 0 atom stereocenters. The minimum Gasteiger partial charge on any atom is -0.366 e. The summed E-state index contributed by atoms with van der Waals surface area (Å²) >= 11 is 6.63. The monoisotopic (exact) mass is 448 g/mol. The van der Waals surface area contributed by atoms with Crippen LogP contribution in [0.15, 0.2) is 71.0 Å². The standard InChI is InChI=1S/C23H20N4O2S2/c1-3-11-24-19-17(21(28)26-12-7-8-15(2)20(26)25-19)13-18-22(29)27(23(30)31-18)14-16-9-5-4-6-10-16/h3-10,12-13,24H,1,11,14H2,2H3/b18-13+. The second-order valence-corrected chi connectivity index (χ2v) is 8.66. The number of carbonyl (C=O) groups excluding carboxylic acids is 1. The first-order valence-corrected chi connectivity index (χ1v) is 10.9. The van der Waals surface area contributed by atoms with E-state index < -0.39 is 0 Å². The molecule has 1 aromatic carbocycles. The van der Waals surface area contributed by atoms with E-state index in [-0.39, 0.29) is 11.5 Å². The third kappa shape index (κ3) is 4.17. The number of hydrogen-bond acceptors (Lipinski definition) is 6. The first-order chi connectivity index (χ1) is 15.0. The molecule has 31 heavy (non-hydrogen) atoms. The summed E-state index contributed by atoms with van der Waals surface area (Å²) in [6, 6.07) is 13.4. The highest BCUT2D eigenvalue weighted by molar-refractivity contribution is 8.26. The smallest absolute Gasteiger partial charge is 0.267 e. The van der Waals surface area contributed by atoms with Gasteiger partial charge in [-0.15, -0.1) is 6.58 Å². The van der Waals surface area contributed by atoms with Crippen molar-refractivity contribution in [3.05, 3.63) is 93.3 Å². The highest BCUT2D eigenvalue weighted by Gasteiger charge is 2.32. The first kappa shape index (κ1) is 21.0. The summed E-state index contributed by atoms with van der Waals surface area (Å²) in [6.45, 7) is 6.43. The second-order valence-electron chi connectivity index (χ2n) is 6.99. The molecule has 1 amide bonds. The van der Waals surface area contributed by atoms with E-state index in [1.807, 2.05) is 43.3 Å². The topological polar surface area (TPSA) is 66.7 Å². The van der Waals surface area contributed by atoms with Gasteiger partial charge in [0.15, 0.2) is 0 Å². The van der Waals surface area contributed by atoms with Crippen molar-refractivity contribution in [2.45, 2.75) is 13.5 Å². The van der Waals surface area contributed by atoms with E-state index in [0.29, 0.717) is 39.3 Å². The highest BCUT2D eigenvalue weighted by atomic mass is 32.2. The van der Waals surface area contributed by atoms with Crippen molar-refractivity contribution in [2.24, 2.45) is 0 Å². The molecule has 1 aliphatic heterocycles. The zero-order valence-corrected chi connectivity index (χ0v) is 18.5. The van der Waals surface area contributed by atoms with Crippen LogP contribution in [0.25, 0.3) is 11.7 Å². The molecule has 1 saturated heterocycles. The van der Waals surface area contributed by atoms with Gasteiger partial charge in [0.25, 0.3) is 11.5 Å². The van der Waals surface area contributed by atoms with Gasteiger partial charge in [-0.3, -0.25) is 18.9 Å². The molecule has 2 aromatic heterocycles. The second kappa shape index (κ2) is 8.87. The highest BCUT2D eigenvalue weighted by Crippen LogP contribution is 2.34. The largest absolute Gasteiger partial charge is 0.366 e. The average molecular weight is 449 g/mol. The van der Waals surface area contributed by atoms with Crippen LogP contribution in [0.5, 0.6) is 0 Å². The lowest BCUT2D eigenvalue weighted by atomic mass is 10.2. The summed E-state index contributed by atoms with van der Waals surface area (Å²) in [5, 5.41) is 3.12. The molecular formula is C23H20N4O2S2. The quantitative estimate of drug-likeness (QED) is 0.349. The Hall–Kier alpha value is -3.23. The third-order valence-corrected chi connectivity index (χ3v) is 6.21. The van der Waals surface area contributed by atoms with Gasteiger partial charge in [-0.2, -0.15) is 0 Å². The Morgan fingerprint density at radius 2 is 1.97 bits per heavy atom. The number of hydrogen-bond donors (Lipinski definition) is 1. The fraction of sp³-hybridized carbons (Fsp3) is 0.130. The number of thioether (sulfide) groups is 1. The number of benzene rings is 1. The van der Waals surface area contributed by atoms with E-state index in [9.17, 15) is 9.59 Å². The van der Waals surface area contributed by atoms with E-state index in [1.54, 1.807) is 29.3 Å². The zero-order valence-electron chi connectivity index (χ0n) is 16.9. The van der Waals surface area contributed by atoms with Crippen LogP contribution < -0.4 is 10.9 Å². The fourth-order valence-corrected chi connectivity index (χ4v) is 4.52. The Morgan fingerprint density at radius 1 is 1.19 bits per heavy atom. The average Bonchev–Trinajstić information content (AvgIpc) is 3.03. The van der Waals surface area contributed by atoms with Gasteiger partial charge in [0.2, 0.25) is 0 Å². The van der Waals surface area contributed by atoms with Gasteiger partial charge in [0.05, 0.1) is 17.0 Å². The number of nitrogens with one attached hydrogen (secondary N) is 1. The Labute approximate surface area is 189 Å². The minimum atomic E-state index is -0.256.